The topological polar surface area (TPSA) is 27.6 Å². The molecule has 0 bridgehead atoms. The summed E-state index contributed by atoms with van der Waals surface area (Å²) in [6, 6.07) is 13.6. The van der Waals surface area contributed by atoms with Crippen LogP contribution in [0.2, 0.25) is 0 Å². The van der Waals surface area contributed by atoms with Crippen LogP contribution in [0, 0.1) is 11.3 Å². The van der Waals surface area contributed by atoms with E-state index in [1.165, 1.54) is 47.1 Å². The number of rotatable bonds is 10. The van der Waals surface area contributed by atoms with Crippen molar-refractivity contribution in [1.82, 2.24) is 10.2 Å². The van der Waals surface area contributed by atoms with Crippen LogP contribution in [0.5, 0.6) is 0 Å². The average molecular weight is 619 g/mol. The lowest BCUT2D eigenvalue weighted by atomic mass is 9.81. The Morgan fingerprint density at radius 2 is 1.61 bits per heavy atom. The summed E-state index contributed by atoms with van der Waals surface area (Å²) in [6.07, 6.45) is 5.77. The van der Waals surface area contributed by atoms with Crippen molar-refractivity contribution in [2.75, 3.05) is 6.54 Å². The van der Waals surface area contributed by atoms with Gasteiger partial charge in [0.15, 0.2) is 0 Å². The van der Waals surface area contributed by atoms with Crippen molar-refractivity contribution in [3.63, 3.8) is 0 Å². The number of aliphatic imine (C=N–C) groups is 1. The summed E-state index contributed by atoms with van der Waals surface area (Å²) in [5.74, 6) is 1.38. The Morgan fingerprint density at radius 1 is 1.02 bits per heavy atom. The molecule has 2 aliphatic rings. The Morgan fingerprint density at radius 3 is 2.15 bits per heavy atom. The normalized spacial score (nSPS) is 17.2. The second-order valence-electron chi connectivity index (χ2n) is 12.6. The monoisotopic (exact) mass is 617 g/mol. The minimum atomic E-state index is -0.0423. The van der Waals surface area contributed by atoms with Crippen LogP contribution in [0.3, 0.4) is 0 Å². The van der Waals surface area contributed by atoms with Crippen molar-refractivity contribution in [2.45, 2.75) is 100.0 Å². The van der Waals surface area contributed by atoms with Gasteiger partial charge in [-0.15, -0.1) is 0 Å². The first-order valence-electron chi connectivity index (χ1n) is 15.3. The highest BCUT2D eigenvalue weighted by Gasteiger charge is 2.43. The Balaban J connectivity index is 0.00000226. The van der Waals surface area contributed by atoms with Crippen LogP contribution in [-0.2, 0) is 5.41 Å². The van der Waals surface area contributed by atoms with E-state index in [0.29, 0.717) is 11.3 Å². The molecule has 0 spiro atoms. The number of allylic oxidation sites excluding steroid dienone is 2. The summed E-state index contributed by atoms with van der Waals surface area (Å²) in [5, 5.41) is 3.56. The molecule has 1 N–H and O–H groups in total. The smallest absolute Gasteiger partial charge is 0.105 e. The molecule has 2 aromatic rings. The van der Waals surface area contributed by atoms with Gasteiger partial charge in [0.05, 0.1) is 6.04 Å². The summed E-state index contributed by atoms with van der Waals surface area (Å²) in [6.45, 7) is 31.4. The maximum absolute atomic E-state index is 5.03. The first-order valence-corrected chi connectivity index (χ1v) is 16.1. The summed E-state index contributed by atoms with van der Waals surface area (Å²) >= 11 is 3.67. The van der Waals surface area contributed by atoms with Crippen LogP contribution in [0.4, 0.5) is 0 Å². The number of amidine groups is 1. The number of benzene rings is 2. The van der Waals surface area contributed by atoms with Crippen molar-refractivity contribution in [1.29, 1.82) is 0 Å². The zero-order chi connectivity index (χ0) is 30.7. The highest BCUT2D eigenvalue weighted by atomic mass is 79.9. The molecule has 41 heavy (non-hydrogen) atoms. The number of nitrogens with zero attached hydrogens (tertiary/aromatic N) is 2. The van der Waals surface area contributed by atoms with Crippen LogP contribution in [0.15, 0.2) is 76.6 Å². The summed E-state index contributed by atoms with van der Waals surface area (Å²) in [5.41, 5.74) is 10.2. The Kier molecular flexibility index (Phi) is 10.6. The molecule has 3 nitrogen and oxygen atoms in total. The SMILES string of the molecule is C=C(C)NC(C(=C)N(CC1(CC)CC1)C(C)=N/C=C(\C)c1ccc2c(c1)C(C)(C)c1cc(Br)ccc1-2)C(C)C.CC. The fourth-order valence-corrected chi connectivity index (χ4v) is 6.28. The van der Waals surface area contributed by atoms with Crippen LogP contribution in [0.1, 0.15) is 105 Å². The number of fused-ring (bicyclic) bond motifs is 3. The molecule has 0 heterocycles. The third-order valence-corrected chi connectivity index (χ3v) is 9.40. The predicted molar refractivity (Wildman–Crippen MR) is 184 cm³/mol. The van der Waals surface area contributed by atoms with Gasteiger partial charge in [0.1, 0.15) is 5.84 Å². The maximum Gasteiger partial charge on any atom is 0.105 e. The van der Waals surface area contributed by atoms with Gasteiger partial charge in [0.25, 0.3) is 0 Å². The molecule has 1 atom stereocenters. The van der Waals surface area contributed by atoms with E-state index in [2.05, 4.69) is 124 Å². The van der Waals surface area contributed by atoms with E-state index in [4.69, 9.17) is 4.99 Å². The van der Waals surface area contributed by atoms with Gasteiger partial charge in [-0.25, -0.2) is 4.99 Å². The lowest BCUT2D eigenvalue weighted by molar-refractivity contribution is 0.319. The van der Waals surface area contributed by atoms with Gasteiger partial charge >= 0.3 is 0 Å². The molecule has 4 rings (SSSR count). The molecule has 0 aromatic heterocycles. The van der Waals surface area contributed by atoms with Crippen LogP contribution >= 0.6 is 15.9 Å². The van der Waals surface area contributed by atoms with Gasteiger partial charge in [-0.05, 0) is 103 Å². The van der Waals surface area contributed by atoms with Gasteiger partial charge in [0, 0.05) is 34.0 Å². The zero-order valence-corrected chi connectivity index (χ0v) is 28.8. The second-order valence-corrected chi connectivity index (χ2v) is 13.6. The van der Waals surface area contributed by atoms with Crippen molar-refractivity contribution in [2.24, 2.45) is 16.3 Å². The highest BCUT2D eigenvalue weighted by Crippen LogP contribution is 2.51. The molecule has 0 saturated heterocycles. The Bertz CT molecular complexity index is 1340. The minimum absolute atomic E-state index is 0.0423. The van der Waals surface area contributed by atoms with E-state index in [1.54, 1.807) is 0 Å². The summed E-state index contributed by atoms with van der Waals surface area (Å²) in [7, 11) is 0. The molecule has 1 fully saturated rings. The van der Waals surface area contributed by atoms with Gasteiger partial charge < -0.3 is 10.2 Å². The largest absolute Gasteiger partial charge is 0.381 e. The van der Waals surface area contributed by atoms with E-state index >= 15 is 0 Å². The third-order valence-electron chi connectivity index (χ3n) is 8.90. The molecule has 0 aliphatic heterocycles. The van der Waals surface area contributed by atoms with Crippen molar-refractivity contribution >= 4 is 27.3 Å². The minimum Gasteiger partial charge on any atom is -0.381 e. The van der Waals surface area contributed by atoms with E-state index in [-0.39, 0.29) is 11.5 Å². The molecule has 1 unspecified atom stereocenters. The first-order chi connectivity index (χ1) is 19.3. The van der Waals surface area contributed by atoms with Crippen LogP contribution < -0.4 is 5.32 Å². The lowest BCUT2D eigenvalue weighted by Gasteiger charge is -2.36. The van der Waals surface area contributed by atoms with E-state index < -0.39 is 0 Å². The molecule has 1 saturated carbocycles. The number of nitrogens with one attached hydrogen (secondary N) is 1. The standard InChI is InChI=1S/C35H46BrN3.C2H6/c1-11-35(16-17-35)21-39(25(7)33(22(2)3)38-23(4)5)26(8)37-20-24(6)27-12-14-29-30-15-13-28(36)19-32(30)34(9,10)31(29)18-27;1-2/h12-15,18-20,22,33,38H,4,7,11,16-17,21H2,1-3,5-6,8-10H3;1-2H3/b24-20+,37-26?;. The molecule has 0 radical (unpaired) electrons. The van der Waals surface area contributed by atoms with Gasteiger partial charge in [0.2, 0.25) is 0 Å². The molecule has 2 aliphatic carbocycles. The van der Waals surface area contributed by atoms with Crippen LogP contribution in [-0.4, -0.2) is 23.3 Å². The molecule has 4 heteroatoms. The summed E-state index contributed by atoms with van der Waals surface area (Å²) in [4.78, 5) is 7.40. The zero-order valence-electron chi connectivity index (χ0n) is 27.2. The van der Waals surface area contributed by atoms with E-state index in [9.17, 15) is 0 Å². The highest BCUT2D eigenvalue weighted by molar-refractivity contribution is 9.10. The fraction of sp³-hybridized carbons (Fsp3) is 0.486. The maximum atomic E-state index is 5.03. The van der Waals surface area contributed by atoms with Gasteiger partial charge in [-0.1, -0.05) is 95.8 Å². The van der Waals surface area contributed by atoms with Crippen molar-refractivity contribution < 1.29 is 0 Å². The molecule has 0 amide bonds. The Labute approximate surface area is 259 Å². The first kappa shape index (κ1) is 32.9. The molecule has 222 valence electrons. The van der Waals surface area contributed by atoms with Gasteiger partial charge in [-0.2, -0.15) is 0 Å². The molecule has 2 aromatic carbocycles. The predicted octanol–water partition coefficient (Wildman–Crippen LogP) is 10.7. The van der Waals surface area contributed by atoms with Crippen molar-refractivity contribution in [3.8, 4) is 11.1 Å². The Hall–Kier alpha value is -2.59. The second kappa shape index (κ2) is 13.2. The third kappa shape index (κ3) is 7.08. The fourth-order valence-electron chi connectivity index (χ4n) is 5.92. The quantitative estimate of drug-likeness (QED) is 0.212. The van der Waals surface area contributed by atoms with Gasteiger partial charge in [-0.3, -0.25) is 0 Å². The number of hydrogen-bond donors (Lipinski definition) is 1. The van der Waals surface area contributed by atoms with E-state index in [0.717, 1.165) is 33.8 Å². The molecular formula is C37H52BrN3. The van der Waals surface area contributed by atoms with Crippen molar-refractivity contribution in [3.05, 3.63) is 88.3 Å². The number of halogens is 1. The molecular weight excluding hydrogens is 566 g/mol. The van der Waals surface area contributed by atoms with Crippen LogP contribution in [0.25, 0.3) is 16.7 Å². The van der Waals surface area contributed by atoms with E-state index in [1.807, 2.05) is 27.0 Å². The summed E-state index contributed by atoms with van der Waals surface area (Å²) < 4.78 is 1.13. The number of hydrogen-bond acceptors (Lipinski definition) is 2. The lowest BCUT2D eigenvalue weighted by Crippen LogP contribution is -2.44. The average Bonchev–Trinajstić information content (AvgIpc) is 3.69.